The number of aromatic nitrogens is 3. The zero-order chi connectivity index (χ0) is 13.8. The smallest absolute Gasteiger partial charge is 0.277 e. The molecule has 0 aromatic carbocycles. The van der Waals surface area contributed by atoms with Crippen LogP contribution in [0.4, 0.5) is 11.6 Å². The Kier molecular flexibility index (Phi) is 4.06. The standard InChI is InChI=1S/C12H12BrN5O/c1-7-8(13)3-4-10(16-7)18-12(19)9-5-15-6-11(14-2)17-9/h3-6H,1-2H3,(H,14,17)(H,16,18,19). The van der Waals surface area contributed by atoms with E-state index < -0.39 is 0 Å². The van der Waals surface area contributed by atoms with E-state index >= 15 is 0 Å². The highest BCUT2D eigenvalue weighted by atomic mass is 79.9. The molecule has 98 valence electrons. The molecule has 0 aliphatic heterocycles. The number of aryl methyl sites for hydroxylation is 1. The number of carbonyl (C=O) groups is 1. The number of nitrogens with one attached hydrogen (secondary N) is 2. The minimum absolute atomic E-state index is 0.231. The summed E-state index contributed by atoms with van der Waals surface area (Å²) in [5.74, 6) is 0.661. The van der Waals surface area contributed by atoms with E-state index in [1.165, 1.54) is 6.20 Å². The lowest BCUT2D eigenvalue weighted by Crippen LogP contribution is -2.15. The number of halogens is 1. The van der Waals surface area contributed by atoms with Crippen LogP contribution in [0.2, 0.25) is 0 Å². The summed E-state index contributed by atoms with van der Waals surface area (Å²) in [5, 5.41) is 5.50. The monoisotopic (exact) mass is 321 g/mol. The molecule has 0 atom stereocenters. The number of carbonyl (C=O) groups excluding carboxylic acids is 1. The van der Waals surface area contributed by atoms with Crippen molar-refractivity contribution >= 4 is 33.5 Å². The van der Waals surface area contributed by atoms with Crippen molar-refractivity contribution in [3.8, 4) is 0 Å². The second-order valence-electron chi connectivity index (χ2n) is 3.76. The maximum Gasteiger partial charge on any atom is 0.277 e. The Labute approximate surface area is 118 Å². The molecule has 19 heavy (non-hydrogen) atoms. The normalized spacial score (nSPS) is 10.1. The Balaban J connectivity index is 2.18. The van der Waals surface area contributed by atoms with Gasteiger partial charge in [0.25, 0.3) is 5.91 Å². The Morgan fingerprint density at radius 3 is 2.68 bits per heavy atom. The Morgan fingerprint density at radius 2 is 2.00 bits per heavy atom. The first kappa shape index (κ1) is 13.4. The van der Waals surface area contributed by atoms with Gasteiger partial charge in [-0.15, -0.1) is 0 Å². The average Bonchev–Trinajstić information content (AvgIpc) is 2.43. The summed E-state index contributed by atoms with van der Waals surface area (Å²) < 4.78 is 0.891. The second-order valence-corrected chi connectivity index (χ2v) is 4.61. The number of hydrogen-bond acceptors (Lipinski definition) is 5. The Hall–Kier alpha value is -2.02. The van der Waals surface area contributed by atoms with Crippen molar-refractivity contribution < 1.29 is 4.79 Å². The van der Waals surface area contributed by atoms with E-state index in [0.717, 1.165) is 10.2 Å². The largest absolute Gasteiger partial charge is 0.372 e. The van der Waals surface area contributed by atoms with E-state index in [-0.39, 0.29) is 11.6 Å². The molecule has 0 saturated carbocycles. The van der Waals surface area contributed by atoms with E-state index in [4.69, 9.17) is 0 Å². The van der Waals surface area contributed by atoms with Crippen molar-refractivity contribution in [1.29, 1.82) is 0 Å². The summed E-state index contributed by atoms with van der Waals surface area (Å²) in [5.41, 5.74) is 1.03. The molecule has 2 aromatic heterocycles. The molecule has 0 bridgehead atoms. The summed E-state index contributed by atoms with van der Waals surface area (Å²) in [6.07, 6.45) is 2.95. The Bertz CT molecular complexity index is 617. The summed E-state index contributed by atoms with van der Waals surface area (Å²) in [7, 11) is 1.71. The fourth-order valence-electron chi connectivity index (χ4n) is 1.39. The third-order valence-electron chi connectivity index (χ3n) is 2.39. The van der Waals surface area contributed by atoms with Crippen LogP contribution in [0.25, 0.3) is 0 Å². The van der Waals surface area contributed by atoms with Crippen molar-refractivity contribution in [2.45, 2.75) is 6.92 Å². The van der Waals surface area contributed by atoms with Crippen molar-refractivity contribution in [2.24, 2.45) is 0 Å². The molecule has 2 rings (SSSR count). The predicted octanol–water partition coefficient (Wildman–Crippen LogP) is 2.24. The molecule has 0 radical (unpaired) electrons. The van der Waals surface area contributed by atoms with Crippen LogP contribution in [0.1, 0.15) is 16.2 Å². The molecule has 2 N–H and O–H groups in total. The van der Waals surface area contributed by atoms with Gasteiger partial charge in [0, 0.05) is 11.5 Å². The molecular formula is C12H12BrN5O. The molecule has 0 unspecified atom stereocenters. The fraction of sp³-hybridized carbons (Fsp3) is 0.167. The predicted molar refractivity (Wildman–Crippen MR) is 76.2 cm³/mol. The molecule has 0 aliphatic rings. The molecule has 0 fully saturated rings. The van der Waals surface area contributed by atoms with Gasteiger partial charge >= 0.3 is 0 Å². The maximum absolute atomic E-state index is 12.0. The quantitative estimate of drug-likeness (QED) is 0.906. The van der Waals surface area contributed by atoms with Crippen LogP contribution in [0.3, 0.4) is 0 Å². The molecule has 0 aliphatic carbocycles. The molecule has 1 amide bonds. The Morgan fingerprint density at radius 1 is 1.21 bits per heavy atom. The number of amides is 1. The van der Waals surface area contributed by atoms with E-state index in [1.807, 2.05) is 13.0 Å². The minimum Gasteiger partial charge on any atom is -0.372 e. The summed E-state index contributed by atoms with van der Waals surface area (Å²) >= 11 is 3.35. The highest BCUT2D eigenvalue weighted by Gasteiger charge is 2.10. The van der Waals surface area contributed by atoms with Gasteiger partial charge in [-0.3, -0.25) is 9.78 Å². The van der Waals surface area contributed by atoms with Crippen LogP contribution in [-0.4, -0.2) is 27.9 Å². The first-order valence-corrected chi connectivity index (χ1v) is 6.33. The summed E-state index contributed by atoms with van der Waals surface area (Å²) in [6.45, 7) is 1.85. The van der Waals surface area contributed by atoms with Crippen LogP contribution in [0.5, 0.6) is 0 Å². The molecule has 0 saturated heterocycles. The van der Waals surface area contributed by atoms with Crippen molar-refractivity contribution in [1.82, 2.24) is 15.0 Å². The van der Waals surface area contributed by atoms with Crippen molar-refractivity contribution in [3.63, 3.8) is 0 Å². The number of rotatable bonds is 3. The molecule has 2 heterocycles. The highest BCUT2D eigenvalue weighted by Crippen LogP contribution is 2.16. The third-order valence-corrected chi connectivity index (χ3v) is 3.22. The van der Waals surface area contributed by atoms with E-state index in [2.05, 4.69) is 41.5 Å². The van der Waals surface area contributed by atoms with Crippen LogP contribution in [0.15, 0.2) is 29.0 Å². The minimum atomic E-state index is -0.348. The van der Waals surface area contributed by atoms with E-state index in [9.17, 15) is 4.79 Å². The number of pyridine rings is 1. The highest BCUT2D eigenvalue weighted by molar-refractivity contribution is 9.10. The molecule has 2 aromatic rings. The topological polar surface area (TPSA) is 79.8 Å². The van der Waals surface area contributed by atoms with Crippen LogP contribution >= 0.6 is 15.9 Å². The lowest BCUT2D eigenvalue weighted by Gasteiger charge is -2.06. The number of hydrogen-bond donors (Lipinski definition) is 2. The van der Waals surface area contributed by atoms with Gasteiger partial charge < -0.3 is 10.6 Å². The van der Waals surface area contributed by atoms with Crippen LogP contribution in [-0.2, 0) is 0 Å². The number of nitrogens with zero attached hydrogens (tertiary/aromatic N) is 3. The van der Waals surface area contributed by atoms with Gasteiger partial charge in [-0.1, -0.05) is 0 Å². The first-order chi connectivity index (χ1) is 9.10. The van der Waals surface area contributed by atoms with Crippen molar-refractivity contribution in [2.75, 3.05) is 17.7 Å². The zero-order valence-corrected chi connectivity index (χ0v) is 12.0. The van der Waals surface area contributed by atoms with E-state index in [1.54, 1.807) is 19.3 Å². The van der Waals surface area contributed by atoms with Crippen LogP contribution in [0, 0.1) is 6.92 Å². The lowest BCUT2D eigenvalue weighted by molar-refractivity contribution is 0.102. The van der Waals surface area contributed by atoms with Gasteiger partial charge in [-0.05, 0) is 35.0 Å². The molecule has 0 spiro atoms. The first-order valence-electron chi connectivity index (χ1n) is 5.54. The fourth-order valence-corrected chi connectivity index (χ4v) is 1.61. The maximum atomic E-state index is 12.0. The van der Waals surface area contributed by atoms with Gasteiger partial charge in [-0.25, -0.2) is 9.97 Å². The second kappa shape index (κ2) is 5.75. The van der Waals surface area contributed by atoms with Gasteiger partial charge in [0.1, 0.15) is 17.3 Å². The molecule has 6 nitrogen and oxygen atoms in total. The van der Waals surface area contributed by atoms with Gasteiger partial charge in [-0.2, -0.15) is 0 Å². The van der Waals surface area contributed by atoms with E-state index in [0.29, 0.717) is 11.6 Å². The van der Waals surface area contributed by atoms with Gasteiger partial charge in [0.05, 0.1) is 18.1 Å². The summed E-state index contributed by atoms with van der Waals surface area (Å²) in [4.78, 5) is 24.3. The zero-order valence-electron chi connectivity index (χ0n) is 10.4. The summed E-state index contributed by atoms with van der Waals surface area (Å²) in [6, 6.07) is 3.54. The average molecular weight is 322 g/mol. The van der Waals surface area contributed by atoms with Gasteiger partial charge in [0.2, 0.25) is 0 Å². The van der Waals surface area contributed by atoms with Gasteiger partial charge in [0.15, 0.2) is 0 Å². The third kappa shape index (κ3) is 3.25. The van der Waals surface area contributed by atoms with Crippen LogP contribution < -0.4 is 10.6 Å². The number of anilines is 2. The SMILES string of the molecule is CNc1cncc(C(=O)Nc2ccc(Br)c(C)n2)n1. The molecule has 7 heteroatoms. The molecular weight excluding hydrogens is 310 g/mol. The van der Waals surface area contributed by atoms with Crippen molar-refractivity contribution in [3.05, 3.63) is 40.4 Å². The lowest BCUT2D eigenvalue weighted by atomic mass is 10.3.